The SMILES string of the molecule is Cc1ccccc1NC(=O)Nc1ccc(CC(=O)Nc2ccc(C(CC(=O)O)NC(=O)CN3CCOCC3)cn2)cc1. The highest BCUT2D eigenvalue weighted by molar-refractivity contribution is 6.00. The summed E-state index contributed by atoms with van der Waals surface area (Å²) in [5.41, 5.74) is 3.49. The largest absolute Gasteiger partial charge is 0.481 e. The van der Waals surface area contributed by atoms with E-state index in [2.05, 4.69) is 26.3 Å². The van der Waals surface area contributed by atoms with Crippen molar-refractivity contribution in [2.75, 3.05) is 48.8 Å². The van der Waals surface area contributed by atoms with Crippen LogP contribution in [0.5, 0.6) is 0 Å². The van der Waals surface area contributed by atoms with Gasteiger partial charge in [-0.15, -0.1) is 0 Å². The Labute approximate surface area is 243 Å². The predicted octanol–water partition coefficient (Wildman–Crippen LogP) is 3.18. The van der Waals surface area contributed by atoms with Crippen LogP contribution in [0.25, 0.3) is 0 Å². The molecule has 42 heavy (non-hydrogen) atoms. The van der Waals surface area contributed by atoms with Gasteiger partial charge in [0.2, 0.25) is 11.8 Å². The fraction of sp³-hybridized carbons (Fsp3) is 0.300. The molecule has 0 bridgehead atoms. The fourth-order valence-electron chi connectivity index (χ4n) is 4.39. The molecule has 0 radical (unpaired) electrons. The first-order valence-electron chi connectivity index (χ1n) is 13.5. The van der Waals surface area contributed by atoms with Gasteiger partial charge in [-0.1, -0.05) is 36.4 Å². The molecule has 1 atom stereocenters. The van der Waals surface area contributed by atoms with Gasteiger partial charge in [0, 0.05) is 30.7 Å². The fourth-order valence-corrected chi connectivity index (χ4v) is 4.39. The van der Waals surface area contributed by atoms with E-state index in [1.807, 2.05) is 36.1 Å². The maximum atomic E-state index is 12.6. The van der Waals surface area contributed by atoms with Crippen LogP contribution in [-0.2, 0) is 25.5 Å². The highest BCUT2D eigenvalue weighted by Crippen LogP contribution is 2.19. The number of carboxylic acids is 1. The number of nitrogens with zero attached hydrogens (tertiary/aromatic N) is 2. The van der Waals surface area contributed by atoms with Gasteiger partial charge >= 0.3 is 12.0 Å². The van der Waals surface area contributed by atoms with Gasteiger partial charge in [-0.3, -0.25) is 19.3 Å². The van der Waals surface area contributed by atoms with Gasteiger partial charge in [-0.2, -0.15) is 0 Å². The maximum absolute atomic E-state index is 12.6. The minimum Gasteiger partial charge on any atom is -0.481 e. The first-order valence-corrected chi connectivity index (χ1v) is 13.5. The quantitative estimate of drug-likeness (QED) is 0.233. The Morgan fingerprint density at radius 1 is 0.929 bits per heavy atom. The van der Waals surface area contributed by atoms with Gasteiger partial charge in [0.05, 0.1) is 38.6 Å². The number of benzene rings is 2. The second kappa shape index (κ2) is 14.7. The van der Waals surface area contributed by atoms with E-state index in [1.165, 1.54) is 6.20 Å². The number of ether oxygens (including phenoxy) is 1. The Morgan fingerprint density at radius 3 is 2.33 bits per heavy atom. The van der Waals surface area contributed by atoms with E-state index in [-0.39, 0.29) is 37.2 Å². The molecule has 12 nitrogen and oxygen atoms in total. The van der Waals surface area contributed by atoms with Crippen molar-refractivity contribution >= 4 is 41.0 Å². The number of nitrogens with one attached hydrogen (secondary N) is 4. The normalized spacial score (nSPS) is 13.9. The molecule has 1 aliphatic rings. The van der Waals surface area contributed by atoms with E-state index in [9.17, 15) is 24.3 Å². The number of urea groups is 1. The molecule has 0 spiro atoms. The standard InChI is InChI=1S/C30H34N6O6/c1-20-4-2-3-5-24(20)34-30(41)32-23-9-6-21(7-10-23)16-27(37)35-26-11-8-22(18-31-26)25(17-29(39)40)33-28(38)19-36-12-14-42-15-13-36/h2-11,18,25H,12-17,19H2,1H3,(H,33,38)(H,39,40)(H,31,35,37)(H2,32,34,41). The van der Waals surface area contributed by atoms with Crippen LogP contribution < -0.4 is 21.3 Å². The molecule has 1 unspecified atom stereocenters. The highest BCUT2D eigenvalue weighted by Gasteiger charge is 2.21. The van der Waals surface area contributed by atoms with Crippen molar-refractivity contribution in [3.05, 3.63) is 83.6 Å². The van der Waals surface area contributed by atoms with Crippen LogP contribution in [0.15, 0.2) is 66.9 Å². The number of aromatic nitrogens is 1. The zero-order valence-electron chi connectivity index (χ0n) is 23.3. The first kappa shape index (κ1) is 30.2. The van der Waals surface area contributed by atoms with E-state index in [1.54, 1.807) is 36.4 Å². The maximum Gasteiger partial charge on any atom is 0.323 e. The van der Waals surface area contributed by atoms with Crippen molar-refractivity contribution in [2.24, 2.45) is 0 Å². The number of aryl methyl sites for hydroxylation is 1. The first-order chi connectivity index (χ1) is 20.2. The Bertz CT molecular complexity index is 1390. The number of amides is 4. The highest BCUT2D eigenvalue weighted by atomic mass is 16.5. The van der Waals surface area contributed by atoms with Crippen molar-refractivity contribution in [2.45, 2.75) is 25.8 Å². The number of morpholine rings is 1. The lowest BCUT2D eigenvalue weighted by Crippen LogP contribution is -2.44. The lowest BCUT2D eigenvalue weighted by atomic mass is 10.1. The van der Waals surface area contributed by atoms with Crippen molar-refractivity contribution in [1.82, 2.24) is 15.2 Å². The summed E-state index contributed by atoms with van der Waals surface area (Å²) in [6.07, 6.45) is 1.22. The third-order valence-electron chi connectivity index (χ3n) is 6.61. The summed E-state index contributed by atoms with van der Waals surface area (Å²) in [4.78, 5) is 55.0. The van der Waals surface area contributed by atoms with Crippen molar-refractivity contribution in [1.29, 1.82) is 0 Å². The number of hydrogen-bond donors (Lipinski definition) is 5. The average molecular weight is 575 g/mol. The summed E-state index contributed by atoms with van der Waals surface area (Å²) in [7, 11) is 0. The number of anilines is 3. The summed E-state index contributed by atoms with van der Waals surface area (Å²) < 4.78 is 5.29. The zero-order chi connectivity index (χ0) is 29.9. The predicted molar refractivity (Wildman–Crippen MR) is 157 cm³/mol. The third-order valence-corrected chi connectivity index (χ3v) is 6.61. The lowest BCUT2D eigenvalue weighted by Gasteiger charge is -2.27. The molecule has 0 aliphatic carbocycles. The van der Waals surface area contributed by atoms with Gasteiger partial charge in [0.25, 0.3) is 0 Å². The van der Waals surface area contributed by atoms with E-state index >= 15 is 0 Å². The lowest BCUT2D eigenvalue weighted by molar-refractivity contribution is -0.137. The van der Waals surface area contributed by atoms with E-state index in [0.717, 1.165) is 16.8 Å². The number of carbonyl (C=O) groups is 4. The molecule has 2 aromatic carbocycles. The second-order valence-corrected chi connectivity index (χ2v) is 9.90. The Balaban J connectivity index is 1.27. The van der Waals surface area contributed by atoms with Crippen molar-refractivity contribution in [3.63, 3.8) is 0 Å². The van der Waals surface area contributed by atoms with Crippen LogP contribution in [-0.4, -0.2) is 71.7 Å². The number of hydrogen-bond acceptors (Lipinski definition) is 7. The molecule has 220 valence electrons. The summed E-state index contributed by atoms with van der Waals surface area (Å²) in [6.45, 7) is 4.44. The third kappa shape index (κ3) is 9.39. The van der Waals surface area contributed by atoms with Gasteiger partial charge in [-0.05, 0) is 47.9 Å². The van der Waals surface area contributed by atoms with Gasteiger partial charge in [0.15, 0.2) is 0 Å². The molecule has 1 saturated heterocycles. The Kier molecular flexibility index (Phi) is 10.6. The van der Waals surface area contributed by atoms with E-state index in [4.69, 9.17) is 4.74 Å². The van der Waals surface area contributed by atoms with Gasteiger partial charge in [-0.25, -0.2) is 9.78 Å². The van der Waals surface area contributed by atoms with E-state index < -0.39 is 12.0 Å². The molecule has 1 fully saturated rings. The Hall–Kier alpha value is -4.81. The molecule has 5 N–H and O–H groups in total. The minimum atomic E-state index is -1.06. The van der Waals surface area contributed by atoms with Crippen LogP contribution in [0, 0.1) is 6.92 Å². The molecule has 12 heteroatoms. The minimum absolute atomic E-state index is 0.0817. The van der Waals surface area contributed by atoms with Gasteiger partial charge in [0.1, 0.15) is 5.82 Å². The number of carbonyl (C=O) groups excluding carboxylic acids is 3. The van der Waals surface area contributed by atoms with Crippen LogP contribution in [0.3, 0.4) is 0 Å². The number of para-hydroxylation sites is 1. The van der Waals surface area contributed by atoms with Crippen LogP contribution in [0.4, 0.5) is 22.0 Å². The molecule has 4 rings (SSSR count). The summed E-state index contributed by atoms with van der Waals surface area (Å²) in [5.74, 6) is -1.34. The molecule has 1 aromatic heterocycles. The summed E-state index contributed by atoms with van der Waals surface area (Å²) >= 11 is 0. The molecule has 0 saturated carbocycles. The smallest absolute Gasteiger partial charge is 0.323 e. The number of carboxylic acid groups (broad SMARTS) is 1. The van der Waals surface area contributed by atoms with E-state index in [0.29, 0.717) is 43.4 Å². The number of pyridine rings is 1. The monoisotopic (exact) mass is 574 g/mol. The van der Waals surface area contributed by atoms with Crippen LogP contribution in [0.2, 0.25) is 0 Å². The average Bonchev–Trinajstić information content (AvgIpc) is 2.95. The summed E-state index contributed by atoms with van der Waals surface area (Å²) in [6, 6.07) is 16.4. The molecule has 2 heterocycles. The summed E-state index contributed by atoms with van der Waals surface area (Å²) in [5, 5.41) is 20.4. The molecule has 3 aromatic rings. The van der Waals surface area contributed by atoms with Crippen molar-refractivity contribution in [3.8, 4) is 0 Å². The second-order valence-electron chi connectivity index (χ2n) is 9.90. The van der Waals surface area contributed by atoms with Crippen LogP contribution >= 0.6 is 0 Å². The molecule has 1 aliphatic heterocycles. The zero-order valence-corrected chi connectivity index (χ0v) is 23.3. The number of aliphatic carboxylic acids is 1. The molecular formula is C30H34N6O6. The topological polar surface area (TPSA) is 162 Å². The van der Waals surface area contributed by atoms with Gasteiger partial charge < -0.3 is 31.1 Å². The Morgan fingerprint density at radius 2 is 1.67 bits per heavy atom. The van der Waals surface area contributed by atoms with Crippen molar-refractivity contribution < 1.29 is 29.0 Å². The number of rotatable bonds is 11. The van der Waals surface area contributed by atoms with Crippen LogP contribution in [0.1, 0.15) is 29.2 Å². The molecule has 4 amide bonds. The molecular weight excluding hydrogens is 540 g/mol.